The topological polar surface area (TPSA) is 92.8 Å². The van der Waals surface area contributed by atoms with Crippen LogP contribution < -0.4 is 5.32 Å². The molecule has 1 amide bonds. The van der Waals surface area contributed by atoms with Crippen molar-refractivity contribution in [1.82, 2.24) is 9.62 Å². The number of hydrogen-bond acceptors (Lipinski definition) is 5. The van der Waals surface area contributed by atoms with Crippen LogP contribution in [0.5, 0.6) is 0 Å². The van der Waals surface area contributed by atoms with E-state index >= 15 is 0 Å². The number of amides is 1. The predicted molar refractivity (Wildman–Crippen MR) is 90.0 cm³/mol. The van der Waals surface area contributed by atoms with Gasteiger partial charge in [-0.05, 0) is 31.0 Å². The summed E-state index contributed by atoms with van der Waals surface area (Å²) in [6, 6.07) is 2.70. The zero-order chi connectivity index (χ0) is 19.4. The first kappa shape index (κ1) is 21.0. The van der Waals surface area contributed by atoms with E-state index < -0.39 is 39.9 Å². The Balaban J connectivity index is 2.87. The van der Waals surface area contributed by atoms with Gasteiger partial charge in [0, 0.05) is 20.1 Å². The van der Waals surface area contributed by atoms with Crippen molar-refractivity contribution < 1.29 is 27.1 Å². The fraction of sp³-hybridized carbons (Fsp3) is 0.500. The molecule has 0 heterocycles. The first-order chi connectivity index (χ1) is 11.5. The van der Waals surface area contributed by atoms with Crippen molar-refractivity contribution in [3.63, 3.8) is 0 Å². The van der Waals surface area contributed by atoms with Gasteiger partial charge in [0.15, 0.2) is 6.61 Å². The van der Waals surface area contributed by atoms with E-state index in [2.05, 4.69) is 5.32 Å². The average Bonchev–Trinajstić information content (AvgIpc) is 2.52. The molecule has 1 rings (SSSR count). The molecule has 7 nitrogen and oxygen atoms in total. The highest BCUT2D eigenvalue weighted by atomic mass is 32.2. The number of nitrogens with zero attached hydrogens (tertiary/aromatic N) is 1. The van der Waals surface area contributed by atoms with E-state index in [4.69, 9.17) is 4.74 Å². The van der Waals surface area contributed by atoms with Crippen molar-refractivity contribution in [3.05, 3.63) is 29.6 Å². The van der Waals surface area contributed by atoms with Crippen LogP contribution in [0, 0.1) is 11.7 Å². The molecule has 0 bridgehead atoms. The third-order valence-electron chi connectivity index (χ3n) is 3.66. The van der Waals surface area contributed by atoms with Gasteiger partial charge >= 0.3 is 5.97 Å². The molecule has 0 aliphatic rings. The summed E-state index contributed by atoms with van der Waals surface area (Å²) in [5, 5.41) is 2.64. The highest BCUT2D eigenvalue weighted by molar-refractivity contribution is 7.89. The number of hydrogen-bond donors (Lipinski definition) is 1. The molecule has 0 aliphatic heterocycles. The van der Waals surface area contributed by atoms with Crippen LogP contribution in [0.25, 0.3) is 0 Å². The minimum absolute atomic E-state index is 0.114. The van der Waals surface area contributed by atoms with Crippen molar-refractivity contribution in [3.8, 4) is 0 Å². The largest absolute Gasteiger partial charge is 0.452 e. The van der Waals surface area contributed by atoms with E-state index in [1.165, 1.54) is 14.1 Å². The molecule has 0 radical (unpaired) electrons. The summed E-state index contributed by atoms with van der Waals surface area (Å²) in [6.45, 7) is 5.06. The predicted octanol–water partition coefficient (Wildman–Crippen LogP) is 1.39. The molecular weight excluding hydrogens is 351 g/mol. The van der Waals surface area contributed by atoms with Gasteiger partial charge in [0.05, 0.1) is 10.5 Å². The van der Waals surface area contributed by atoms with Gasteiger partial charge < -0.3 is 10.1 Å². The number of ether oxygens (including phenoxy) is 1. The van der Waals surface area contributed by atoms with Gasteiger partial charge in [0.25, 0.3) is 5.91 Å². The average molecular weight is 374 g/mol. The van der Waals surface area contributed by atoms with Gasteiger partial charge in [0.2, 0.25) is 10.0 Å². The lowest BCUT2D eigenvalue weighted by Gasteiger charge is -2.17. The number of carbonyl (C=O) groups excluding carboxylic acids is 2. The molecule has 0 saturated heterocycles. The second kappa shape index (κ2) is 8.39. The minimum Gasteiger partial charge on any atom is -0.452 e. The third-order valence-corrected chi connectivity index (χ3v) is 5.47. The molecule has 0 fully saturated rings. The maximum Gasteiger partial charge on any atom is 0.341 e. The van der Waals surface area contributed by atoms with Crippen LogP contribution in [0.2, 0.25) is 0 Å². The summed E-state index contributed by atoms with van der Waals surface area (Å²) in [4.78, 5) is 23.5. The molecule has 140 valence electrons. The van der Waals surface area contributed by atoms with Gasteiger partial charge in [-0.2, -0.15) is 0 Å². The van der Waals surface area contributed by atoms with Crippen LogP contribution in [-0.4, -0.2) is 51.3 Å². The smallest absolute Gasteiger partial charge is 0.341 e. The summed E-state index contributed by atoms with van der Waals surface area (Å²) in [7, 11) is -1.19. The van der Waals surface area contributed by atoms with Gasteiger partial charge in [-0.15, -0.1) is 0 Å². The van der Waals surface area contributed by atoms with Gasteiger partial charge in [-0.1, -0.05) is 13.8 Å². The summed E-state index contributed by atoms with van der Waals surface area (Å²) in [5.41, 5.74) is -0.548. The lowest BCUT2D eigenvalue weighted by molar-refractivity contribution is -0.125. The lowest BCUT2D eigenvalue weighted by Crippen LogP contribution is -2.38. The van der Waals surface area contributed by atoms with Crippen LogP contribution in [0.15, 0.2) is 23.1 Å². The number of nitrogens with one attached hydrogen (secondary N) is 1. The quantitative estimate of drug-likeness (QED) is 0.728. The maximum absolute atomic E-state index is 13.8. The highest BCUT2D eigenvalue weighted by Crippen LogP contribution is 2.18. The van der Waals surface area contributed by atoms with Crippen molar-refractivity contribution in [1.29, 1.82) is 0 Å². The monoisotopic (exact) mass is 374 g/mol. The standard InChI is InChI=1S/C16H23FN2O5S/c1-10(2)11(3)18-15(20)9-24-16(21)13-8-12(6-7-14(13)17)25(22,23)19(4)5/h6-8,10-11H,9H2,1-5H3,(H,18,20)/t11-/m1/s1. The number of sulfonamides is 1. The van der Waals surface area contributed by atoms with Crippen molar-refractivity contribution in [2.45, 2.75) is 31.7 Å². The summed E-state index contributed by atoms with van der Waals surface area (Å²) >= 11 is 0. The number of benzene rings is 1. The third kappa shape index (κ3) is 5.50. The van der Waals surface area contributed by atoms with Gasteiger partial charge in [0.1, 0.15) is 5.82 Å². The second-order valence-electron chi connectivity index (χ2n) is 6.11. The first-order valence-corrected chi connectivity index (χ1v) is 9.09. The van der Waals surface area contributed by atoms with E-state index in [1.807, 2.05) is 13.8 Å². The Kier molecular flexibility index (Phi) is 7.06. The normalized spacial score (nSPS) is 13.0. The van der Waals surface area contributed by atoms with Gasteiger partial charge in [-0.3, -0.25) is 4.79 Å². The van der Waals surface area contributed by atoms with Crippen molar-refractivity contribution in [2.24, 2.45) is 5.92 Å². The number of rotatable bonds is 7. The molecule has 1 N–H and O–H groups in total. The first-order valence-electron chi connectivity index (χ1n) is 7.65. The molecule has 0 spiro atoms. The lowest BCUT2D eigenvalue weighted by atomic mass is 10.1. The highest BCUT2D eigenvalue weighted by Gasteiger charge is 2.22. The molecule has 0 unspecified atom stereocenters. The number of esters is 1. The molecule has 1 atom stereocenters. The van der Waals surface area contributed by atoms with Crippen molar-refractivity contribution >= 4 is 21.9 Å². The molecule has 1 aromatic rings. The zero-order valence-corrected chi connectivity index (χ0v) is 15.7. The Morgan fingerprint density at radius 1 is 1.24 bits per heavy atom. The Labute approximate surface area is 147 Å². The molecule has 9 heteroatoms. The second-order valence-corrected chi connectivity index (χ2v) is 8.26. The molecular formula is C16H23FN2O5S. The van der Waals surface area contributed by atoms with E-state index in [-0.39, 0.29) is 16.9 Å². The minimum atomic E-state index is -3.83. The molecule has 0 aliphatic carbocycles. The molecule has 25 heavy (non-hydrogen) atoms. The van der Waals surface area contributed by atoms with Crippen LogP contribution in [-0.2, 0) is 19.6 Å². The number of halogens is 1. The Bertz CT molecular complexity index is 747. The molecule has 0 saturated carbocycles. The molecule has 0 aromatic heterocycles. The van der Waals surface area contributed by atoms with Crippen LogP contribution >= 0.6 is 0 Å². The fourth-order valence-electron chi connectivity index (χ4n) is 1.70. The fourth-order valence-corrected chi connectivity index (χ4v) is 2.63. The zero-order valence-electron chi connectivity index (χ0n) is 14.9. The van der Waals surface area contributed by atoms with E-state index in [9.17, 15) is 22.4 Å². The van der Waals surface area contributed by atoms with E-state index in [1.54, 1.807) is 6.92 Å². The van der Waals surface area contributed by atoms with Crippen molar-refractivity contribution in [2.75, 3.05) is 20.7 Å². The van der Waals surface area contributed by atoms with Crippen LogP contribution in [0.3, 0.4) is 0 Å². The SMILES string of the molecule is CC(C)[C@@H](C)NC(=O)COC(=O)c1cc(S(=O)(=O)N(C)C)ccc1F. The Morgan fingerprint density at radius 3 is 2.36 bits per heavy atom. The van der Waals surface area contributed by atoms with E-state index in [0.29, 0.717) is 0 Å². The number of carbonyl (C=O) groups is 2. The van der Waals surface area contributed by atoms with Crippen LogP contribution in [0.1, 0.15) is 31.1 Å². The summed E-state index contributed by atoms with van der Waals surface area (Å²) in [5.74, 6) is -2.36. The Hall–Kier alpha value is -2.00. The van der Waals surface area contributed by atoms with Crippen LogP contribution in [0.4, 0.5) is 4.39 Å². The van der Waals surface area contributed by atoms with E-state index in [0.717, 1.165) is 22.5 Å². The molecule has 1 aromatic carbocycles. The summed E-state index contributed by atoms with van der Waals surface area (Å²) < 4.78 is 43.7. The van der Waals surface area contributed by atoms with Gasteiger partial charge in [-0.25, -0.2) is 21.9 Å². The summed E-state index contributed by atoms with van der Waals surface area (Å²) in [6.07, 6.45) is 0. The Morgan fingerprint density at radius 2 is 1.84 bits per heavy atom. The maximum atomic E-state index is 13.8.